The lowest BCUT2D eigenvalue weighted by molar-refractivity contribution is -1.08. The van der Waals surface area contributed by atoms with Gasteiger partial charge in [-0.15, -0.1) is 9.29 Å². The van der Waals surface area contributed by atoms with Crippen molar-refractivity contribution in [3.05, 3.63) is 84.6 Å². The summed E-state index contributed by atoms with van der Waals surface area (Å²) < 4.78 is 10.7. The molecule has 2 aromatic heterocycles. The molecule has 0 saturated carbocycles. The number of likely N-dealkylation sites (N-methyl/N-ethyl adjacent to an activating group) is 2. The second kappa shape index (κ2) is 11.1. The molecule has 0 radical (unpaired) electrons. The van der Waals surface area contributed by atoms with Gasteiger partial charge in [-0.3, -0.25) is 9.68 Å². The van der Waals surface area contributed by atoms with E-state index >= 15 is 0 Å². The summed E-state index contributed by atoms with van der Waals surface area (Å²) in [6, 6.07) is 19.1. The smallest absolute Gasteiger partial charge is 0.334 e. The van der Waals surface area contributed by atoms with Crippen molar-refractivity contribution in [1.29, 1.82) is 0 Å². The third kappa shape index (κ3) is 5.90. The maximum atomic E-state index is 12.7. The van der Waals surface area contributed by atoms with E-state index in [2.05, 4.69) is 20.3 Å². The fraction of sp³-hybridized carbons (Fsp3) is 0.267. The van der Waals surface area contributed by atoms with Crippen LogP contribution in [-0.2, 0) is 19.3 Å². The summed E-state index contributed by atoms with van der Waals surface area (Å²) in [4.78, 5) is 45.6. The number of rotatable bonds is 6. The zero-order valence-corrected chi connectivity index (χ0v) is 23.3. The van der Waals surface area contributed by atoms with Crippen LogP contribution in [0.15, 0.2) is 81.9 Å². The third-order valence-electron chi connectivity index (χ3n) is 7.39. The molecule has 0 amide bonds. The van der Waals surface area contributed by atoms with Crippen LogP contribution in [-0.4, -0.2) is 81.8 Å². The first kappa shape index (κ1) is 27.2. The minimum absolute atomic E-state index is 0.105. The number of carbonyl (C=O) groups is 2. The van der Waals surface area contributed by atoms with Crippen molar-refractivity contribution in [3.63, 3.8) is 0 Å². The monoisotopic (exact) mass is 570 g/mol. The number of benzene rings is 2. The quantitative estimate of drug-likeness (QED) is 0.249. The first-order chi connectivity index (χ1) is 20.3. The maximum Gasteiger partial charge on any atom is 0.480 e. The summed E-state index contributed by atoms with van der Waals surface area (Å²) in [7, 11) is 3.48. The molecule has 0 fully saturated rings. The fourth-order valence-corrected chi connectivity index (χ4v) is 4.85. The Hall–Kier alpha value is -4.94. The highest BCUT2D eigenvalue weighted by atomic mass is 16.8. The van der Waals surface area contributed by atoms with Gasteiger partial charge >= 0.3 is 11.9 Å². The summed E-state index contributed by atoms with van der Waals surface area (Å²) >= 11 is 0. The van der Waals surface area contributed by atoms with Gasteiger partial charge in [0.25, 0.3) is 11.8 Å². The lowest BCUT2D eigenvalue weighted by Crippen LogP contribution is -2.53. The predicted molar refractivity (Wildman–Crippen MR) is 149 cm³/mol. The Morgan fingerprint density at radius 1 is 0.667 bits per heavy atom. The van der Waals surface area contributed by atoms with Crippen molar-refractivity contribution in [3.8, 4) is 22.8 Å². The van der Waals surface area contributed by atoms with Gasteiger partial charge in [-0.1, -0.05) is 71.0 Å². The second-order valence-corrected chi connectivity index (χ2v) is 10.7. The highest BCUT2D eigenvalue weighted by molar-refractivity contribution is 6.29. The molecule has 214 valence electrons. The molecule has 0 N–H and O–H groups in total. The van der Waals surface area contributed by atoms with E-state index in [-0.39, 0.29) is 9.29 Å². The Bertz CT molecular complexity index is 1540. The van der Waals surface area contributed by atoms with Gasteiger partial charge in [0.15, 0.2) is 0 Å². The molecule has 12 heteroatoms. The van der Waals surface area contributed by atoms with Gasteiger partial charge in [0, 0.05) is 35.1 Å². The zero-order chi connectivity index (χ0) is 29.2. The van der Waals surface area contributed by atoms with Crippen LogP contribution in [0.3, 0.4) is 0 Å². The van der Waals surface area contributed by atoms with Crippen LogP contribution < -0.4 is 0 Å². The Balaban J connectivity index is 1.03. The molecule has 0 saturated heterocycles. The van der Waals surface area contributed by atoms with Crippen molar-refractivity contribution in [2.45, 2.75) is 12.8 Å². The SMILES string of the molecule is C[N+]1(OC(=O)C(=O)O[N+]2(C)CC=C(c3nc(-c4ccccc4)no3)CC2)CC=C(c2nc(-c3ccccc3)no2)CC1. The minimum Gasteiger partial charge on any atom is -0.334 e. The molecular weight excluding hydrogens is 540 g/mol. The second-order valence-electron chi connectivity index (χ2n) is 10.7. The van der Waals surface area contributed by atoms with Crippen LogP contribution in [0.25, 0.3) is 33.9 Å². The number of carbonyl (C=O) groups excluding carboxylic acids is 2. The molecule has 0 aliphatic carbocycles. The van der Waals surface area contributed by atoms with E-state index in [0.29, 0.717) is 62.5 Å². The van der Waals surface area contributed by atoms with Crippen LogP contribution in [0, 0.1) is 0 Å². The predicted octanol–water partition coefficient (Wildman–Crippen LogP) is 3.87. The summed E-state index contributed by atoms with van der Waals surface area (Å²) in [5, 5.41) is 8.14. The van der Waals surface area contributed by atoms with Gasteiger partial charge in [-0.05, 0) is 12.2 Å². The number of aromatic nitrogens is 4. The number of hydrogen-bond donors (Lipinski definition) is 0. The number of nitrogens with zero attached hydrogens (tertiary/aromatic N) is 6. The minimum atomic E-state index is -1.04. The van der Waals surface area contributed by atoms with Gasteiger partial charge in [0.1, 0.15) is 40.3 Å². The maximum absolute atomic E-state index is 12.7. The van der Waals surface area contributed by atoms with E-state index < -0.39 is 11.9 Å². The van der Waals surface area contributed by atoms with Crippen molar-refractivity contribution in [2.75, 3.05) is 40.3 Å². The third-order valence-corrected chi connectivity index (χ3v) is 7.39. The molecular formula is C30H30N6O6+2. The van der Waals surface area contributed by atoms with Gasteiger partial charge in [-0.2, -0.15) is 9.97 Å². The first-order valence-corrected chi connectivity index (χ1v) is 13.6. The Kier molecular flexibility index (Phi) is 7.23. The molecule has 2 aliphatic rings. The van der Waals surface area contributed by atoms with Crippen LogP contribution >= 0.6 is 0 Å². The van der Waals surface area contributed by atoms with Gasteiger partial charge in [-0.25, -0.2) is 9.59 Å². The average molecular weight is 571 g/mol. The summed E-state index contributed by atoms with van der Waals surface area (Å²) in [5.74, 6) is -0.216. The van der Waals surface area contributed by atoms with Gasteiger partial charge < -0.3 is 9.05 Å². The molecule has 6 rings (SSSR count). The molecule has 2 aliphatic heterocycles. The van der Waals surface area contributed by atoms with Crippen molar-refractivity contribution >= 4 is 23.1 Å². The first-order valence-electron chi connectivity index (χ1n) is 13.6. The van der Waals surface area contributed by atoms with Gasteiger partial charge in [0.05, 0.1) is 0 Å². The molecule has 2 unspecified atom stereocenters. The molecule has 2 atom stereocenters. The molecule has 4 heterocycles. The molecule has 2 aromatic carbocycles. The summed E-state index contributed by atoms with van der Waals surface area (Å²) in [6.45, 7) is 1.54. The van der Waals surface area contributed by atoms with E-state index in [0.717, 1.165) is 22.3 Å². The number of hydroxylamine groups is 6. The molecule has 12 nitrogen and oxygen atoms in total. The summed E-state index contributed by atoms with van der Waals surface area (Å²) in [5.41, 5.74) is 3.45. The Labute approximate surface area is 241 Å². The van der Waals surface area contributed by atoms with Gasteiger partial charge in [0.2, 0.25) is 11.6 Å². The lowest BCUT2D eigenvalue weighted by Gasteiger charge is -2.34. The topological polar surface area (TPSA) is 130 Å². The van der Waals surface area contributed by atoms with E-state index in [4.69, 9.17) is 18.7 Å². The highest BCUT2D eigenvalue weighted by Crippen LogP contribution is 2.28. The largest absolute Gasteiger partial charge is 0.480 e. The Morgan fingerprint density at radius 3 is 1.43 bits per heavy atom. The average Bonchev–Trinajstić information content (AvgIpc) is 3.70. The number of hydrogen-bond acceptors (Lipinski definition) is 10. The highest BCUT2D eigenvalue weighted by Gasteiger charge is 2.40. The standard InChI is InChI=1S/C30H30N6O6/c1-35(17-13-23(14-18-35)27-31-25(33-39-27)21-9-5-3-6-10-21)41-29(37)30(38)42-36(2)19-15-24(16-20-36)28-32-26(34-40-28)22-11-7-4-8-12-22/h3-13,15H,14,16-20H2,1-2H3/q+2. The van der Waals surface area contributed by atoms with Crippen LogP contribution in [0.4, 0.5) is 0 Å². The molecule has 0 spiro atoms. The van der Waals surface area contributed by atoms with Crippen LogP contribution in [0.1, 0.15) is 24.6 Å². The van der Waals surface area contributed by atoms with Crippen molar-refractivity contribution < 1.29 is 37.6 Å². The molecule has 4 aromatic rings. The normalized spacial score (nSPS) is 22.1. The van der Waals surface area contributed by atoms with Crippen molar-refractivity contribution in [1.82, 2.24) is 20.3 Å². The molecule has 42 heavy (non-hydrogen) atoms. The van der Waals surface area contributed by atoms with Crippen molar-refractivity contribution in [2.24, 2.45) is 0 Å². The van der Waals surface area contributed by atoms with E-state index in [9.17, 15) is 9.59 Å². The van der Waals surface area contributed by atoms with Crippen LogP contribution in [0.2, 0.25) is 0 Å². The van der Waals surface area contributed by atoms with E-state index in [1.54, 1.807) is 14.1 Å². The summed E-state index contributed by atoms with van der Waals surface area (Å²) in [6.07, 6.45) is 4.82. The lowest BCUT2D eigenvalue weighted by atomic mass is 10.1. The van der Waals surface area contributed by atoms with E-state index in [1.165, 1.54) is 0 Å². The van der Waals surface area contributed by atoms with E-state index in [1.807, 2.05) is 72.8 Å². The molecule has 0 bridgehead atoms. The Morgan fingerprint density at radius 2 is 1.07 bits per heavy atom. The van der Waals surface area contributed by atoms with Crippen LogP contribution in [0.5, 0.6) is 0 Å². The fourth-order valence-electron chi connectivity index (χ4n) is 4.85. The zero-order valence-electron chi connectivity index (χ0n) is 23.3. The number of quaternary nitrogens is 2.